The molecule has 0 bridgehead atoms. The highest BCUT2D eigenvalue weighted by atomic mass is 16.6. The molecule has 2 rings (SSSR count). The van der Waals surface area contributed by atoms with Crippen molar-refractivity contribution in [2.45, 2.75) is 25.5 Å². The molecular weight excluding hydrogens is 178 g/mol. The number of hydrogen-bond acceptors (Lipinski definition) is 2. The summed E-state index contributed by atoms with van der Waals surface area (Å²) >= 11 is 0. The van der Waals surface area contributed by atoms with E-state index in [9.17, 15) is 4.79 Å². The number of cyclic esters (lactones) is 1. The maximum absolute atomic E-state index is 11.1. The van der Waals surface area contributed by atoms with Crippen molar-refractivity contribution in [1.82, 2.24) is 5.32 Å². The first-order chi connectivity index (χ1) is 6.75. The van der Waals surface area contributed by atoms with Gasteiger partial charge in [0.25, 0.3) is 0 Å². The van der Waals surface area contributed by atoms with Crippen LogP contribution in [0, 0.1) is 0 Å². The Morgan fingerprint density at radius 3 is 2.71 bits per heavy atom. The van der Waals surface area contributed by atoms with Crippen LogP contribution >= 0.6 is 0 Å². The van der Waals surface area contributed by atoms with E-state index >= 15 is 0 Å². The molecule has 1 aliphatic heterocycles. The van der Waals surface area contributed by atoms with Gasteiger partial charge in [0.2, 0.25) is 0 Å². The Bertz CT molecular complexity index is 323. The van der Waals surface area contributed by atoms with Gasteiger partial charge in [0, 0.05) is 6.42 Å². The first kappa shape index (κ1) is 9.06. The van der Waals surface area contributed by atoms with Crippen LogP contribution in [0.3, 0.4) is 0 Å². The number of carbonyl (C=O) groups excluding carboxylic acids is 1. The third kappa shape index (κ3) is 1.87. The van der Waals surface area contributed by atoms with Crippen molar-refractivity contribution in [2.75, 3.05) is 0 Å². The third-order valence-electron chi connectivity index (χ3n) is 2.37. The highest BCUT2D eigenvalue weighted by Crippen LogP contribution is 2.23. The minimum Gasteiger partial charge on any atom is -0.446 e. The predicted molar refractivity (Wildman–Crippen MR) is 52.9 cm³/mol. The lowest BCUT2D eigenvalue weighted by atomic mass is 10.0. The van der Waals surface area contributed by atoms with Crippen LogP contribution in [0.15, 0.2) is 30.3 Å². The van der Waals surface area contributed by atoms with E-state index in [0.717, 1.165) is 12.0 Å². The molecule has 1 heterocycles. The van der Waals surface area contributed by atoms with Crippen LogP contribution in [0.25, 0.3) is 0 Å². The lowest BCUT2D eigenvalue weighted by molar-refractivity contribution is 0.0685. The molecule has 74 valence electrons. The lowest BCUT2D eigenvalue weighted by Gasteiger charge is -2.28. The van der Waals surface area contributed by atoms with E-state index in [1.807, 2.05) is 37.3 Å². The van der Waals surface area contributed by atoms with Crippen LogP contribution in [-0.2, 0) is 4.74 Å². The average Bonchev–Trinajstić information content (AvgIpc) is 2.18. The van der Waals surface area contributed by atoms with Gasteiger partial charge in [-0.15, -0.1) is 0 Å². The van der Waals surface area contributed by atoms with Crippen LogP contribution in [0.5, 0.6) is 0 Å². The van der Waals surface area contributed by atoms with Crippen molar-refractivity contribution < 1.29 is 9.53 Å². The summed E-state index contributed by atoms with van der Waals surface area (Å²) in [7, 11) is 0. The standard InChI is InChI=1S/C11H13NO2/c1-8-7-10(12-11(13)14-8)9-5-3-2-4-6-9/h2-6,8,10H,7H2,1H3,(H,12,13)/t8?,10-/m0/s1. The van der Waals surface area contributed by atoms with Crippen LogP contribution in [0.2, 0.25) is 0 Å². The molecule has 1 aliphatic rings. The number of carbonyl (C=O) groups is 1. The summed E-state index contributed by atoms with van der Waals surface area (Å²) in [4.78, 5) is 11.1. The first-order valence-electron chi connectivity index (χ1n) is 4.78. The second-order valence-electron chi connectivity index (χ2n) is 3.56. The Morgan fingerprint density at radius 2 is 2.07 bits per heavy atom. The quantitative estimate of drug-likeness (QED) is 0.739. The van der Waals surface area contributed by atoms with E-state index in [1.54, 1.807) is 0 Å². The fraction of sp³-hybridized carbons (Fsp3) is 0.364. The highest BCUT2D eigenvalue weighted by Gasteiger charge is 2.25. The van der Waals surface area contributed by atoms with Gasteiger partial charge in [-0.2, -0.15) is 0 Å². The number of rotatable bonds is 1. The van der Waals surface area contributed by atoms with Gasteiger partial charge in [0.15, 0.2) is 0 Å². The van der Waals surface area contributed by atoms with Crippen LogP contribution in [-0.4, -0.2) is 12.2 Å². The summed E-state index contributed by atoms with van der Waals surface area (Å²) < 4.78 is 4.99. The number of amides is 1. The van der Waals surface area contributed by atoms with E-state index in [4.69, 9.17) is 4.74 Å². The molecule has 2 atom stereocenters. The fourth-order valence-corrected chi connectivity index (χ4v) is 1.70. The number of nitrogens with one attached hydrogen (secondary N) is 1. The SMILES string of the molecule is CC1C[C@@H](c2ccccc2)NC(=O)O1. The maximum Gasteiger partial charge on any atom is 0.407 e. The van der Waals surface area contributed by atoms with Crippen LogP contribution in [0.4, 0.5) is 4.79 Å². The molecule has 1 unspecified atom stereocenters. The average molecular weight is 191 g/mol. The van der Waals surface area contributed by atoms with Crippen molar-refractivity contribution in [3.63, 3.8) is 0 Å². The van der Waals surface area contributed by atoms with Crippen molar-refractivity contribution >= 4 is 6.09 Å². The minimum atomic E-state index is -0.322. The molecule has 1 saturated heterocycles. The Kier molecular flexibility index (Phi) is 2.39. The number of ether oxygens (including phenoxy) is 1. The number of benzene rings is 1. The zero-order chi connectivity index (χ0) is 9.97. The topological polar surface area (TPSA) is 38.3 Å². The van der Waals surface area contributed by atoms with Gasteiger partial charge in [-0.1, -0.05) is 30.3 Å². The number of hydrogen-bond donors (Lipinski definition) is 1. The second-order valence-corrected chi connectivity index (χ2v) is 3.56. The lowest BCUT2D eigenvalue weighted by Crippen LogP contribution is -2.39. The van der Waals surface area contributed by atoms with Crippen molar-refractivity contribution in [3.8, 4) is 0 Å². The number of alkyl carbamates (subject to hydrolysis) is 1. The molecule has 0 radical (unpaired) electrons. The van der Waals surface area contributed by atoms with Gasteiger partial charge < -0.3 is 10.1 Å². The van der Waals surface area contributed by atoms with Gasteiger partial charge in [0.1, 0.15) is 6.10 Å². The molecule has 3 nitrogen and oxygen atoms in total. The van der Waals surface area contributed by atoms with Crippen molar-refractivity contribution in [1.29, 1.82) is 0 Å². The smallest absolute Gasteiger partial charge is 0.407 e. The predicted octanol–water partition coefficient (Wildman–Crippen LogP) is 2.25. The molecule has 3 heteroatoms. The largest absolute Gasteiger partial charge is 0.446 e. The van der Waals surface area contributed by atoms with E-state index in [0.29, 0.717) is 0 Å². The zero-order valence-corrected chi connectivity index (χ0v) is 8.07. The molecule has 14 heavy (non-hydrogen) atoms. The van der Waals surface area contributed by atoms with Gasteiger partial charge in [-0.3, -0.25) is 0 Å². The zero-order valence-electron chi connectivity index (χ0n) is 8.07. The van der Waals surface area contributed by atoms with Gasteiger partial charge in [-0.25, -0.2) is 4.79 Å². The molecule has 1 fully saturated rings. The summed E-state index contributed by atoms with van der Waals surface area (Å²) in [6.45, 7) is 1.91. The minimum absolute atomic E-state index is 0.00560. The van der Waals surface area contributed by atoms with E-state index in [-0.39, 0.29) is 18.2 Å². The Hall–Kier alpha value is -1.51. The maximum atomic E-state index is 11.1. The normalized spacial score (nSPS) is 26.5. The summed E-state index contributed by atoms with van der Waals surface area (Å²) in [5.74, 6) is 0. The molecule has 0 aromatic heterocycles. The highest BCUT2D eigenvalue weighted by molar-refractivity contribution is 5.69. The molecule has 0 saturated carbocycles. The molecule has 1 aromatic carbocycles. The summed E-state index contributed by atoms with van der Waals surface area (Å²) in [6.07, 6.45) is 0.502. The van der Waals surface area contributed by atoms with Crippen LogP contribution < -0.4 is 5.32 Å². The van der Waals surface area contributed by atoms with E-state index < -0.39 is 0 Å². The Balaban J connectivity index is 2.15. The summed E-state index contributed by atoms with van der Waals surface area (Å²) in [5.41, 5.74) is 1.14. The van der Waals surface area contributed by atoms with E-state index in [2.05, 4.69) is 5.32 Å². The fourth-order valence-electron chi connectivity index (χ4n) is 1.70. The molecule has 1 aromatic rings. The third-order valence-corrected chi connectivity index (χ3v) is 2.37. The van der Waals surface area contributed by atoms with Crippen LogP contribution in [0.1, 0.15) is 24.9 Å². The first-order valence-corrected chi connectivity index (χ1v) is 4.78. The monoisotopic (exact) mass is 191 g/mol. The van der Waals surface area contributed by atoms with Gasteiger partial charge >= 0.3 is 6.09 Å². The molecule has 1 amide bonds. The van der Waals surface area contributed by atoms with Gasteiger partial charge in [-0.05, 0) is 12.5 Å². The Morgan fingerprint density at radius 1 is 1.36 bits per heavy atom. The molecule has 1 N–H and O–H groups in total. The van der Waals surface area contributed by atoms with E-state index in [1.165, 1.54) is 0 Å². The molecule has 0 aliphatic carbocycles. The molecular formula is C11H13NO2. The molecule has 0 spiro atoms. The summed E-state index contributed by atoms with van der Waals surface area (Å²) in [6, 6.07) is 10.0. The van der Waals surface area contributed by atoms with Crippen molar-refractivity contribution in [2.24, 2.45) is 0 Å². The van der Waals surface area contributed by atoms with Gasteiger partial charge in [0.05, 0.1) is 6.04 Å². The second kappa shape index (κ2) is 3.70. The Labute approximate surface area is 83.1 Å². The summed E-state index contributed by atoms with van der Waals surface area (Å²) in [5, 5.41) is 2.80. The van der Waals surface area contributed by atoms with Crippen molar-refractivity contribution in [3.05, 3.63) is 35.9 Å².